The minimum atomic E-state index is -0.534. The monoisotopic (exact) mass is 410 g/mol. The number of benzene rings is 2. The van der Waals surface area contributed by atoms with Crippen LogP contribution in [0.5, 0.6) is 11.5 Å². The van der Waals surface area contributed by atoms with Crippen LogP contribution >= 0.6 is 0 Å². The summed E-state index contributed by atoms with van der Waals surface area (Å²) in [6.45, 7) is 2.99. The number of carbonyl (C=O) groups excluding carboxylic acids is 2. The molecular formula is C22H26N4O4. The number of aryl methyl sites for hydroxylation is 1. The summed E-state index contributed by atoms with van der Waals surface area (Å²) in [6.07, 6.45) is 1.22. The Kier molecular flexibility index (Phi) is 5.15. The summed E-state index contributed by atoms with van der Waals surface area (Å²) < 4.78 is 10.5. The molecule has 4 rings (SSSR count). The largest absolute Gasteiger partial charge is 0.497 e. The second kappa shape index (κ2) is 7.78. The van der Waals surface area contributed by atoms with Gasteiger partial charge in [-0.05, 0) is 31.2 Å². The van der Waals surface area contributed by atoms with Gasteiger partial charge in [-0.25, -0.2) is 4.79 Å². The van der Waals surface area contributed by atoms with Crippen LogP contribution < -0.4 is 25.4 Å². The number of rotatable bonds is 3. The standard InChI is InChI=1S/C22H26N4O4/c1-14-4-6-17-16(12-14)20(27)25-22(24-17)8-10-26(11-9-22)21(28)23-18-7-5-15(29-2)13-19(18)30-3/h4-7,12-13,24H,8-11H2,1-3H3,(H,23,28)(H,25,27). The highest BCUT2D eigenvalue weighted by Gasteiger charge is 2.41. The predicted molar refractivity (Wildman–Crippen MR) is 114 cm³/mol. The van der Waals surface area contributed by atoms with E-state index in [2.05, 4.69) is 16.0 Å². The molecule has 0 saturated carbocycles. The number of amides is 3. The van der Waals surface area contributed by atoms with Crippen LogP contribution in [0.25, 0.3) is 0 Å². The zero-order valence-electron chi connectivity index (χ0n) is 17.4. The molecule has 0 atom stereocenters. The lowest BCUT2D eigenvalue weighted by atomic mass is 9.92. The molecule has 3 N–H and O–H groups in total. The van der Waals surface area contributed by atoms with E-state index >= 15 is 0 Å². The van der Waals surface area contributed by atoms with E-state index in [0.29, 0.717) is 48.7 Å². The molecule has 0 radical (unpaired) electrons. The average Bonchev–Trinajstić information content (AvgIpc) is 2.75. The average molecular weight is 410 g/mol. The highest BCUT2D eigenvalue weighted by molar-refractivity contribution is 6.02. The van der Waals surface area contributed by atoms with Crippen molar-refractivity contribution in [2.75, 3.05) is 37.9 Å². The second-order valence-electron chi connectivity index (χ2n) is 7.69. The molecule has 2 aliphatic rings. The van der Waals surface area contributed by atoms with Gasteiger partial charge < -0.3 is 30.3 Å². The molecule has 2 aromatic rings. The molecule has 2 heterocycles. The number of urea groups is 1. The minimum absolute atomic E-state index is 0.0756. The van der Waals surface area contributed by atoms with Gasteiger partial charge in [-0.1, -0.05) is 11.6 Å². The molecule has 30 heavy (non-hydrogen) atoms. The third kappa shape index (κ3) is 3.72. The predicted octanol–water partition coefficient (Wildman–Crippen LogP) is 3.19. The van der Waals surface area contributed by atoms with E-state index in [1.165, 1.54) is 0 Å². The van der Waals surface area contributed by atoms with E-state index in [1.54, 1.807) is 37.3 Å². The van der Waals surface area contributed by atoms with Crippen molar-refractivity contribution in [2.24, 2.45) is 0 Å². The molecule has 0 bridgehead atoms. The van der Waals surface area contributed by atoms with E-state index in [1.807, 2.05) is 25.1 Å². The van der Waals surface area contributed by atoms with Crippen molar-refractivity contribution in [2.45, 2.75) is 25.4 Å². The Morgan fingerprint density at radius 3 is 2.53 bits per heavy atom. The van der Waals surface area contributed by atoms with Gasteiger partial charge in [0.25, 0.3) is 5.91 Å². The minimum Gasteiger partial charge on any atom is -0.497 e. The highest BCUT2D eigenvalue weighted by Crippen LogP contribution is 2.33. The van der Waals surface area contributed by atoms with Crippen molar-refractivity contribution in [3.05, 3.63) is 47.5 Å². The molecule has 0 aliphatic carbocycles. The molecule has 8 nitrogen and oxygen atoms in total. The van der Waals surface area contributed by atoms with E-state index < -0.39 is 5.66 Å². The van der Waals surface area contributed by atoms with E-state index in [-0.39, 0.29) is 11.9 Å². The number of hydrogen-bond donors (Lipinski definition) is 3. The maximum Gasteiger partial charge on any atom is 0.321 e. The first-order chi connectivity index (χ1) is 14.4. The first kappa shape index (κ1) is 19.9. The van der Waals surface area contributed by atoms with Crippen molar-refractivity contribution >= 4 is 23.3 Å². The summed E-state index contributed by atoms with van der Waals surface area (Å²) in [7, 11) is 3.13. The van der Waals surface area contributed by atoms with Crippen LogP contribution in [-0.4, -0.2) is 49.8 Å². The van der Waals surface area contributed by atoms with Gasteiger partial charge in [0.15, 0.2) is 0 Å². The van der Waals surface area contributed by atoms with Crippen molar-refractivity contribution in [1.29, 1.82) is 0 Å². The normalized spacial score (nSPS) is 16.9. The SMILES string of the molecule is COc1ccc(NC(=O)N2CCC3(CC2)NC(=O)c2cc(C)ccc2N3)c(OC)c1. The fourth-order valence-electron chi connectivity index (χ4n) is 3.97. The van der Waals surface area contributed by atoms with E-state index in [0.717, 1.165) is 11.3 Å². The van der Waals surface area contributed by atoms with Gasteiger partial charge in [0.05, 0.1) is 25.5 Å². The van der Waals surface area contributed by atoms with Crippen LogP contribution in [0.2, 0.25) is 0 Å². The number of ether oxygens (including phenoxy) is 2. The molecule has 2 aliphatic heterocycles. The summed E-state index contributed by atoms with van der Waals surface area (Å²) in [4.78, 5) is 27.1. The van der Waals surface area contributed by atoms with Crippen LogP contribution in [0, 0.1) is 6.92 Å². The van der Waals surface area contributed by atoms with Gasteiger partial charge in [-0.3, -0.25) is 4.79 Å². The summed E-state index contributed by atoms with van der Waals surface area (Å²) >= 11 is 0. The van der Waals surface area contributed by atoms with Crippen LogP contribution in [0.1, 0.15) is 28.8 Å². The van der Waals surface area contributed by atoms with Gasteiger partial charge in [0.2, 0.25) is 0 Å². The fraction of sp³-hybridized carbons (Fsp3) is 0.364. The van der Waals surface area contributed by atoms with Crippen molar-refractivity contribution in [3.8, 4) is 11.5 Å². The van der Waals surface area contributed by atoms with Crippen LogP contribution in [0.15, 0.2) is 36.4 Å². The summed E-state index contributed by atoms with van der Waals surface area (Å²) in [5.74, 6) is 1.11. The summed E-state index contributed by atoms with van der Waals surface area (Å²) in [6, 6.07) is 10.9. The third-order valence-corrected chi connectivity index (χ3v) is 5.70. The Bertz CT molecular complexity index is 983. The number of anilines is 2. The maximum absolute atomic E-state index is 12.8. The Labute approximate surface area is 175 Å². The zero-order valence-corrected chi connectivity index (χ0v) is 17.4. The number of fused-ring (bicyclic) bond motifs is 1. The lowest BCUT2D eigenvalue weighted by Gasteiger charge is -2.45. The third-order valence-electron chi connectivity index (χ3n) is 5.70. The topological polar surface area (TPSA) is 91.9 Å². The number of methoxy groups -OCH3 is 2. The molecule has 2 aromatic carbocycles. The maximum atomic E-state index is 12.8. The van der Waals surface area contributed by atoms with E-state index in [4.69, 9.17) is 9.47 Å². The Morgan fingerprint density at radius 1 is 1.07 bits per heavy atom. The zero-order chi connectivity index (χ0) is 21.3. The highest BCUT2D eigenvalue weighted by atomic mass is 16.5. The molecule has 1 saturated heterocycles. The number of likely N-dealkylation sites (tertiary alicyclic amines) is 1. The number of nitrogens with one attached hydrogen (secondary N) is 3. The van der Waals surface area contributed by atoms with Gasteiger partial charge in [-0.2, -0.15) is 0 Å². The van der Waals surface area contributed by atoms with Gasteiger partial charge in [0.1, 0.15) is 17.2 Å². The van der Waals surface area contributed by atoms with E-state index in [9.17, 15) is 9.59 Å². The fourth-order valence-corrected chi connectivity index (χ4v) is 3.97. The molecule has 0 unspecified atom stereocenters. The van der Waals surface area contributed by atoms with Crippen LogP contribution in [0.4, 0.5) is 16.2 Å². The molecule has 3 amide bonds. The Balaban J connectivity index is 1.42. The van der Waals surface area contributed by atoms with Crippen molar-refractivity contribution in [1.82, 2.24) is 10.2 Å². The molecule has 8 heteroatoms. The smallest absolute Gasteiger partial charge is 0.321 e. The second-order valence-corrected chi connectivity index (χ2v) is 7.69. The number of carbonyl (C=O) groups is 2. The Morgan fingerprint density at radius 2 is 1.83 bits per heavy atom. The molecule has 158 valence electrons. The number of piperidine rings is 1. The lowest BCUT2D eigenvalue weighted by Crippen LogP contribution is -2.63. The van der Waals surface area contributed by atoms with Gasteiger partial charge in [0, 0.05) is 37.7 Å². The van der Waals surface area contributed by atoms with Crippen LogP contribution in [-0.2, 0) is 0 Å². The molecular weight excluding hydrogens is 384 g/mol. The summed E-state index contributed by atoms with van der Waals surface area (Å²) in [5.41, 5.74) is 2.59. The summed E-state index contributed by atoms with van der Waals surface area (Å²) in [5, 5.41) is 9.50. The van der Waals surface area contributed by atoms with Gasteiger partial charge in [-0.15, -0.1) is 0 Å². The molecule has 1 fully saturated rings. The lowest BCUT2D eigenvalue weighted by molar-refractivity contribution is 0.0852. The first-order valence-electron chi connectivity index (χ1n) is 9.92. The van der Waals surface area contributed by atoms with Crippen molar-refractivity contribution < 1.29 is 19.1 Å². The first-order valence-corrected chi connectivity index (χ1v) is 9.92. The quantitative estimate of drug-likeness (QED) is 0.723. The number of hydrogen-bond acceptors (Lipinski definition) is 5. The number of nitrogens with zero attached hydrogens (tertiary/aromatic N) is 1. The Hall–Kier alpha value is -3.42. The van der Waals surface area contributed by atoms with Gasteiger partial charge >= 0.3 is 6.03 Å². The van der Waals surface area contributed by atoms with Crippen LogP contribution in [0.3, 0.4) is 0 Å². The molecule has 0 aromatic heterocycles. The van der Waals surface area contributed by atoms with Crippen molar-refractivity contribution in [3.63, 3.8) is 0 Å². The molecule has 1 spiro atoms.